The summed E-state index contributed by atoms with van der Waals surface area (Å²) in [5.74, 6) is -0.129. The van der Waals surface area contributed by atoms with Crippen LogP contribution in [0.2, 0.25) is 0 Å². The van der Waals surface area contributed by atoms with Crippen molar-refractivity contribution in [2.24, 2.45) is 0 Å². The number of aromatic amines is 1. The number of hydrogen-bond acceptors (Lipinski definition) is 7. The fourth-order valence-electron chi connectivity index (χ4n) is 7.95. The molecule has 1 aromatic heterocycles. The number of imidazole rings is 1. The second-order valence-corrected chi connectivity index (χ2v) is 13.9. The Morgan fingerprint density at radius 3 is 2.40 bits per heavy atom. The van der Waals surface area contributed by atoms with Crippen molar-refractivity contribution in [2.45, 2.75) is 63.6 Å². The van der Waals surface area contributed by atoms with Gasteiger partial charge in [0.25, 0.3) is 5.91 Å². The molecule has 48 heavy (non-hydrogen) atoms. The van der Waals surface area contributed by atoms with E-state index in [1.807, 2.05) is 47.1 Å². The monoisotopic (exact) mass is 656 g/mol. The van der Waals surface area contributed by atoms with Crippen LogP contribution in [0.1, 0.15) is 42.4 Å². The van der Waals surface area contributed by atoms with Crippen molar-refractivity contribution in [1.29, 1.82) is 0 Å². The molecule has 0 saturated carbocycles. The molecule has 0 aliphatic carbocycles. The largest absolute Gasteiger partial charge is 0.436 e. The number of para-hydroxylation sites is 1. The summed E-state index contributed by atoms with van der Waals surface area (Å²) in [6, 6.07) is 12.4. The normalized spacial score (nSPS) is 21.1. The highest BCUT2D eigenvalue weighted by Crippen LogP contribution is 2.26. The van der Waals surface area contributed by atoms with Gasteiger partial charge in [-0.25, -0.2) is 14.6 Å². The first-order valence-electron chi connectivity index (χ1n) is 17.6. The molecular formula is C36H48N8O4. The second-order valence-electron chi connectivity index (χ2n) is 13.9. The lowest BCUT2D eigenvalue weighted by Crippen LogP contribution is -2.54. The van der Waals surface area contributed by atoms with Crippen LogP contribution in [0.4, 0.5) is 15.3 Å². The number of carbonyl (C=O) groups is 3. The molecule has 0 unspecified atom stereocenters. The molecule has 0 spiro atoms. The molecule has 256 valence electrons. The second kappa shape index (κ2) is 14.1. The van der Waals surface area contributed by atoms with Gasteiger partial charge in [0.05, 0.1) is 17.4 Å². The number of anilines is 1. The first kappa shape index (κ1) is 32.4. The van der Waals surface area contributed by atoms with Gasteiger partial charge in [-0.3, -0.25) is 9.69 Å². The Morgan fingerprint density at radius 2 is 1.62 bits per heavy atom. The zero-order chi connectivity index (χ0) is 33.2. The lowest BCUT2D eigenvalue weighted by Gasteiger charge is -2.42. The van der Waals surface area contributed by atoms with Gasteiger partial charge >= 0.3 is 12.1 Å². The summed E-state index contributed by atoms with van der Waals surface area (Å²) in [5.41, 5.74) is 5.75. The van der Waals surface area contributed by atoms with E-state index in [9.17, 15) is 14.4 Å². The van der Waals surface area contributed by atoms with Crippen molar-refractivity contribution in [1.82, 2.24) is 34.5 Å². The number of piperazine rings is 1. The Morgan fingerprint density at radius 1 is 0.917 bits per heavy atom. The highest BCUT2D eigenvalue weighted by molar-refractivity contribution is 5.91. The number of aromatic nitrogens is 2. The third kappa shape index (κ3) is 7.00. The van der Waals surface area contributed by atoms with Crippen molar-refractivity contribution >= 4 is 34.8 Å². The average Bonchev–Trinajstić information content (AvgIpc) is 3.52. The predicted octanol–water partition coefficient (Wildman–Crippen LogP) is 3.71. The number of ether oxygens (including phenoxy) is 1. The molecule has 4 amide bonds. The number of rotatable bonds is 6. The van der Waals surface area contributed by atoms with Gasteiger partial charge in [-0.15, -0.1) is 0 Å². The fourth-order valence-corrected chi connectivity index (χ4v) is 7.95. The molecule has 1 atom stereocenters. The maximum Gasteiger partial charge on any atom is 0.410 e. The van der Waals surface area contributed by atoms with Crippen LogP contribution in [0.3, 0.4) is 0 Å². The van der Waals surface area contributed by atoms with Crippen LogP contribution in [0.15, 0.2) is 42.7 Å². The molecule has 12 heteroatoms. The van der Waals surface area contributed by atoms with E-state index in [-0.39, 0.29) is 24.4 Å². The van der Waals surface area contributed by atoms with Gasteiger partial charge < -0.3 is 34.6 Å². The summed E-state index contributed by atoms with van der Waals surface area (Å²) in [6.45, 7) is 9.20. The average molecular weight is 657 g/mol. The van der Waals surface area contributed by atoms with Crippen LogP contribution < -0.4 is 5.32 Å². The van der Waals surface area contributed by atoms with Crippen molar-refractivity contribution in [3.05, 3.63) is 59.4 Å². The van der Waals surface area contributed by atoms with E-state index in [1.54, 1.807) is 11.2 Å². The van der Waals surface area contributed by atoms with Crippen molar-refractivity contribution in [3.63, 3.8) is 0 Å². The number of fused-ring (bicyclic) bond motifs is 2. The number of piperidine rings is 2. The Kier molecular flexibility index (Phi) is 9.54. The maximum atomic E-state index is 14.1. The third-order valence-corrected chi connectivity index (χ3v) is 10.9. The van der Waals surface area contributed by atoms with Gasteiger partial charge in [-0.05, 0) is 74.9 Å². The van der Waals surface area contributed by atoms with Gasteiger partial charge in [0.2, 0.25) is 0 Å². The topological polar surface area (TPSA) is 117 Å². The molecule has 0 bridgehead atoms. The van der Waals surface area contributed by atoms with Crippen LogP contribution in [0.25, 0.3) is 11.0 Å². The highest BCUT2D eigenvalue weighted by atomic mass is 16.6. The molecule has 4 aliphatic heterocycles. The molecular weight excluding hydrogens is 608 g/mol. The summed E-state index contributed by atoms with van der Waals surface area (Å²) in [4.78, 5) is 58.9. The molecule has 0 radical (unpaired) electrons. The van der Waals surface area contributed by atoms with Crippen molar-refractivity contribution in [2.75, 3.05) is 71.3 Å². The SMILES string of the molecule is Cc1cc(C[C@@H](OC(=O)N2CCC(N3CCc4ccccc4NC3=O)CC2)C(=O)N2CCC(N3CCN(C)CC3)CC2)cc2nc[nH]c12. The molecule has 2 N–H and O–H groups in total. The number of aryl methyl sites for hydroxylation is 1. The molecule has 3 saturated heterocycles. The van der Waals surface area contributed by atoms with Gasteiger partial charge in [0.1, 0.15) is 0 Å². The van der Waals surface area contributed by atoms with E-state index in [0.717, 1.165) is 78.9 Å². The molecule has 12 nitrogen and oxygen atoms in total. The Hall–Kier alpha value is -4.16. The van der Waals surface area contributed by atoms with E-state index in [4.69, 9.17) is 4.74 Å². The minimum Gasteiger partial charge on any atom is -0.436 e. The lowest BCUT2D eigenvalue weighted by molar-refractivity contribution is -0.142. The molecule has 4 aliphatic rings. The van der Waals surface area contributed by atoms with E-state index in [2.05, 4.69) is 38.2 Å². The van der Waals surface area contributed by atoms with Gasteiger partial charge in [0.15, 0.2) is 6.10 Å². The van der Waals surface area contributed by atoms with Crippen molar-refractivity contribution in [3.8, 4) is 0 Å². The Balaban J connectivity index is 0.996. The highest BCUT2D eigenvalue weighted by Gasteiger charge is 2.36. The van der Waals surface area contributed by atoms with Crippen LogP contribution in [0, 0.1) is 6.92 Å². The number of nitrogens with one attached hydrogen (secondary N) is 2. The van der Waals surface area contributed by atoms with Crippen LogP contribution in [-0.2, 0) is 22.4 Å². The zero-order valence-electron chi connectivity index (χ0n) is 28.2. The number of urea groups is 1. The molecule has 7 rings (SSSR count). The number of carbonyl (C=O) groups excluding carboxylic acids is 3. The summed E-state index contributed by atoms with van der Waals surface area (Å²) in [7, 11) is 2.17. The third-order valence-electron chi connectivity index (χ3n) is 10.9. The molecule has 3 aromatic rings. The van der Waals surface area contributed by atoms with E-state index >= 15 is 0 Å². The summed E-state index contributed by atoms with van der Waals surface area (Å²) < 4.78 is 6.12. The van der Waals surface area contributed by atoms with E-state index in [1.165, 1.54) is 0 Å². The minimum absolute atomic E-state index is 0.0333. The Labute approximate surface area is 282 Å². The first-order chi connectivity index (χ1) is 23.3. The summed E-state index contributed by atoms with van der Waals surface area (Å²) in [6.07, 6.45) is 4.53. The molecule has 2 aromatic carbocycles. The fraction of sp³-hybridized carbons (Fsp3) is 0.556. The van der Waals surface area contributed by atoms with Crippen LogP contribution in [0.5, 0.6) is 0 Å². The minimum atomic E-state index is -0.930. The summed E-state index contributed by atoms with van der Waals surface area (Å²) in [5, 5.41) is 3.06. The van der Waals surface area contributed by atoms with Gasteiger partial charge in [-0.2, -0.15) is 0 Å². The van der Waals surface area contributed by atoms with Gasteiger partial charge in [0, 0.05) is 83.1 Å². The standard InChI is InChI=1S/C36H48N8O4/c1-25-21-26(22-31-33(25)38-24-37-31)23-32(34(45)42-12-8-28(9-13-42)41-19-17-40(2)18-20-41)48-36(47)43-14-10-29(11-15-43)44-16-7-27-5-3-4-6-30(27)39-35(44)46/h3-6,21-22,24,28-29,32H,7-20,23H2,1-2H3,(H,37,38)(H,39,46)/t32-/m1/s1. The number of amides is 4. The zero-order valence-corrected chi connectivity index (χ0v) is 28.2. The maximum absolute atomic E-state index is 14.1. The van der Waals surface area contributed by atoms with E-state index in [0.29, 0.717) is 51.6 Å². The Bertz CT molecular complexity index is 1620. The first-order valence-corrected chi connectivity index (χ1v) is 17.6. The number of benzene rings is 2. The predicted molar refractivity (Wildman–Crippen MR) is 184 cm³/mol. The van der Waals surface area contributed by atoms with Crippen LogP contribution >= 0.6 is 0 Å². The number of likely N-dealkylation sites (tertiary alicyclic amines) is 2. The van der Waals surface area contributed by atoms with Gasteiger partial charge in [-0.1, -0.05) is 24.3 Å². The quantitative estimate of drug-likeness (QED) is 0.416. The number of likely N-dealkylation sites (N-methyl/N-ethyl adjacent to an activating group) is 1. The van der Waals surface area contributed by atoms with Crippen molar-refractivity contribution < 1.29 is 19.1 Å². The lowest BCUT2D eigenvalue weighted by atomic mass is 9.99. The molecule has 5 heterocycles. The van der Waals surface area contributed by atoms with Crippen LogP contribution in [-0.4, -0.2) is 137 Å². The molecule has 3 fully saturated rings. The van der Waals surface area contributed by atoms with E-state index < -0.39 is 12.2 Å². The summed E-state index contributed by atoms with van der Waals surface area (Å²) >= 11 is 0. The smallest absolute Gasteiger partial charge is 0.410 e. The number of hydrogen-bond donors (Lipinski definition) is 2. The number of H-pyrrole nitrogens is 1. The number of nitrogens with zero attached hydrogens (tertiary/aromatic N) is 6.